The Morgan fingerprint density at radius 3 is 2.90 bits per heavy atom. The first kappa shape index (κ1) is 14.0. The summed E-state index contributed by atoms with van der Waals surface area (Å²) in [7, 11) is 3.79. The second kappa shape index (κ2) is 5.68. The van der Waals surface area contributed by atoms with Gasteiger partial charge in [-0.05, 0) is 19.9 Å². The molecule has 0 aliphatic rings. The number of aryl methyl sites for hydroxylation is 1. The Labute approximate surface area is 116 Å². The van der Waals surface area contributed by atoms with E-state index in [1.54, 1.807) is 24.4 Å². The van der Waals surface area contributed by atoms with Crippen molar-refractivity contribution in [1.82, 2.24) is 24.5 Å². The summed E-state index contributed by atoms with van der Waals surface area (Å²) in [5.41, 5.74) is 0.963. The van der Waals surface area contributed by atoms with Gasteiger partial charge in [-0.1, -0.05) is 0 Å². The molecular weight excluding hydrogens is 258 g/mol. The zero-order chi connectivity index (χ0) is 14.7. The normalized spacial score (nSPS) is 11.2. The molecule has 106 valence electrons. The molecule has 2 heterocycles. The molecule has 0 amide bonds. The summed E-state index contributed by atoms with van der Waals surface area (Å²) >= 11 is 0. The first-order chi connectivity index (χ1) is 9.52. The van der Waals surface area contributed by atoms with Crippen LogP contribution in [0.25, 0.3) is 11.9 Å². The van der Waals surface area contributed by atoms with Gasteiger partial charge in [0.2, 0.25) is 0 Å². The fourth-order valence-corrected chi connectivity index (χ4v) is 1.70. The first-order valence-corrected chi connectivity index (χ1v) is 6.27. The number of rotatable bonds is 4. The van der Waals surface area contributed by atoms with Crippen LogP contribution in [0.3, 0.4) is 0 Å². The Kier molecular flexibility index (Phi) is 3.97. The summed E-state index contributed by atoms with van der Waals surface area (Å²) in [4.78, 5) is 22.2. The lowest BCUT2D eigenvalue weighted by atomic mass is 10.2. The number of hydrogen-bond acceptors (Lipinski definition) is 6. The highest BCUT2D eigenvalue weighted by atomic mass is 16.5. The third-order valence-corrected chi connectivity index (χ3v) is 2.54. The molecule has 0 radical (unpaired) electrons. The summed E-state index contributed by atoms with van der Waals surface area (Å²) in [5, 5.41) is 4.26. The van der Waals surface area contributed by atoms with Gasteiger partial charge in [-0.25, -0.2) is 9.78 Å². The molecule has 20 heavy (non-hydrogen) atoms. The quantitative estimate of drug-likeness (QED) is 0.779. The highest BCUT2D eigenvalue weighted by Crippen LogP contribution is 2.13. The van der Waals surface area contributed by atoms with Gasteiger partial charge in [-0.3, -0.25) is 0 Å². The van der Waals surface area contributed by atoms with Crippen LogP contribution in [0, 0.1) is 6.92 Å². The zero-order valence-corrected chi connectivity index (χ0v) is 12.0. The van der Waals surface area contributed by atoms with Crippen molar-refractivity contribution in [1.29, 1.82) is 0 Å². The van der Waals surface area contributed by atoms with E-state index in [0.717, 1.165) is 0 Å². The van der Waals surface area contributed by atoms with Crippen molar-refractivity contribution in [3.8, 4) is 0 Å². The molecule has 0 unspecified atom stereocenters. The molecule has 0 atom stereocenters. The average Bonchev–Trinajstić information content (AvgIpc) is 2.76. The molecule has 0 aromatic carbocycles. The lowest BCUT2D eigenvalue weighted by molar-refractivity contribution is 0.0525. The Hall–Kier alpha value is -2.44. The maximum atomic E-state index is 12.0. The largest absolute Gasteiger partial charge is 0.462 e. The van der Waals surface area contributed by atoms with E-state index in [0.29, 0.717) is 29.5 Å². The second-order valence-corrected chi connectivity index (χ2v) is 4.43. The topological polar surface area (TPSA) is 72.6 Å². The molecule has 0 fully saturated rings. The van der Waals surface area contributed by atoms with Crippen molar-refractivity contribution >= 4 is 17.8 Å². The SMILES string of the molecule is CCOC(=O)c1cnc2nc(C)nn2c1C=CN(C)C. The number of nitrogens with zero attached hydrogens (tertiary/aromatic N) is 5. The molecule has 0 saturated carbocycles. The number of esters is 1. The highest BCUT2D eigenvalue weighted by Gasteiger charge is 2.16. The summed E-state index contributed by atoms with van der Waals surface area (Å²) < 4.78 is 6.59. The predicted molar refractivity (Wildman–Crippen MR) is 74.2 cm³/mol. The molecule has 0 aliphatic heterocycles. The lowest BCUT2D eigenvalue weighted by Gasteiger charge is -2.08. The van der Waals surface area contributed by atoms with E-state index in [1.165, 1.54) is 6.20 Å². The zero-order valence-electron chi connectivity index (χ0n) is 12.0. The molecule has 0 bridgehead atoms. The molecule has 0 spiro atoms. The molecule has 2 aromatic heterocycles. The Morgan fingerprint density at radius 2 is 2.25 bits per heavy atom. The standard InChI is InChI=1S/C13H17N5O2/c1-5-20-12(19)10-8-14-13-15-9(2)16-18(13)11(10)6-7-17(3)4/h6-8H,5H2,1-4H3. The van der Waals surface area contributed by atoms with Gasteiger partial charge in [0.1, 0.15) is 11.4 Å². The van der Waals surface area contributed by atoms with Crippen LogP contribution in [-0.4, -0.2) is 51.2 Å². The number of carbonyl (C=O) groups is 1. The van der Waals surface area contributed by atoms with Gasteiger partial charge >= 0.3 is 5.97 Å². The van der Waals surface area contributed by atoms with Gasteiger partial charge in [0, 0.05) is 26.5 Å². The third kappa shape index (κ3) is 2.76. The fraction of sp³-hybridized carbons (Fsp3) is 0.385. The van der Waals surface area contributed by atoms with E-state index in [9.17, 15) is 4.79 Å². The molecule has 0 N–H and O–H groups in total. The summed E-state index contributed by atoms with van der Waals surface area (Å²) in [6, 6.07) is 0. The minimum Gasteiger partial charge on any atom is -0.462 e. The minimum atomic E-state index is -0.423. The maximum Gasteiger partial charge on any atom is 0.341 e. The first-order valence-electron chi connectivity index (χ1n) is 6.27. The van der Waals surface area contributed by atoms with Crippen LogP contribution in [0.1, 0.15) is 28.8 Å². The van der Waals surface area contributed by atoms with E-state index in [-0.39, 0.29) is 0 Å². The van der Waals surface area contributed by atoms with E-state index in [1.807, 2.05) is 25.2 Å². The molecule has 7 nitrogen and oxygen atoms in total. The van der Waals surface area contributed by atoms with Crippen LogP contribution in [-0.2, 0) is 4.74 Å². The molecule has 7 heteroatoms. The van der Waals surface area contributed by atoms with Gasteiger partial charge < -0.3 is 9.64 Å². The van der Waals surface area contributed by atoms with Gasteiger partial charge in [0.25, 0.3) is 5.78 Å². The summed E-state index contributed by atoms with van der Waals surface area (Å²) in [5.74, 6) is 0.625. The molecule has 0 saturated heterocycles. The van der Waals surface area contributed by atoms with Crippen LogP contribution >= 0.6 is 0 Å². The van der Waals surface area contributed by atoms with Gasteiger partial charge in [-0.2, -0.15) is 9.50 Å². The number of ether oxygens (including phenoxy) is 1. The van der Waals surface area contributed by atoms with Gasteiger partial charge in [-0.15, -0.1) is 5.10 Å². The van der Waals surface area contributed by atoms with Crippen molar-refractivity contribution in [2.24, 2.45) is 0 Å². The van der Waals surface area contributed by atoms with E-state index >= 15 is 0 Å². The Morgan fingerprint density at radius 1 is 1.50 bits per heavy atom. The molecular formula is C13H17N5O2. The van der Waals surface area contributed by atoms with Crippen molar-refractivity contribution < 1.29 is 9.53 Å². The van der Waals surface area contributed by atoms with Crippen molar-refractivity contribution in [3.05, 3.63) is 29.5 Å². The smallest absolute Gasteiger partial charge is 0.341 e. The molecule has 0 aliphatic carbocycles. The van der Waals surface area contributed by atoms with Crippen LogP contribution in [0.15, 0.2) is 12.4 Å². The summed E-state index contributed by atoms with van der Waals surface area (Å²) in [6.45, 7) is 3.85. The van der Waals surface area contributed by atoms with E-state index < -0.39 is 5.97 Å². The van der Waals surface area contributed by atoms with Crippen LogP contribution < -0.4 is 0 Å². The van der Waals surface area contributed by atoms with Crippen molar-refractivity contribution in [2.75, 3.05) is 20.7 Å². The van der Waals surface area contributed by atoms with E-state index in [2.05, 4.69) is 15.1 Å². The number of hydrogen-bond donors (Lipinski definition) is 0. The predicted octanol–water partition coefficient (Wildman–Crippen LogP) is 1.14. The van der Waals surface area contributed by atoms with Gasteiger partial charge in [0.15, 0.2) is 0 Å². The number of fused-ring (bicyclic) bond motifs is 1. The fourth-order valence-electron chi connectivity index (χ4n) is 1.70. The minimum absolute atomic E-state index is 0.310. The van der Waals surface area contributed by atoms with Gasteiger partial charge in [0.05, 0.1) is 12.3 Å². The maximum absolute atomic E-state index is 12.0. The highest BCUT2D eigenvalue weighted by molar-refractivity contribution is 5.92. The monoisotopic (exact) mass is 275 g/mol. The number of carbonyl (C=O) groups excluding carboxylic acids is 1. The van der Waals surface area contributed by atoms with Crippen LogP contribution in [0.2, 0.25) is 0 Å². The van der Waals surface area contributed by atoms with Crippen molar-refractivity contribution in [3.63, 3.8) is 0 Å². The number of aromatic nitrogens is 4. The van der Waals surface area contributed by atoms with E-state index in [4.69, 9.17) is 4.74 Å². The second-order valence-electron chi connectivity index (χ2n) is 4.43. The summed E-state index contributed by atoms with van der Waals surface area (Å²) in [6.07, 6.45) is 5.08. The Bertz CT molecular complexity index is 660. The Balaban J connectivity index is 2.61. The van der Waals surface area contributed by atoms with Crippen molar-refractivity contribution in [2.45, 2.75) is 13.8 Å². The van der Waals surface area contributed by atoms with Crippen LogP contribution in [0.5, 0.6) is 0 Å². The molecule has 2 rings (SSSR count). The lowest BCUT2D eigenvalue weighted by Crippen LogP contribution is -2.12. The average molecular weight is 275 g/mol. The van der Waals surface area contributed by atoms with Crippen LogP contribution in [0.4, 0.5) is 0 Å². The molecule has 2 aromatic rings. The third-order valence-electron chi connectivity index (χ3n) is 2.54.